The zero-order valence-corrected chi connectivity index (χ0v) is 17.6. The molecule has 2 rings (SSSR count). The Bertz CT molecular complexity index is 821. The van der Waals surface area contributed by atoms with Crippen molar-refractivity contribution in [1.82, 2.24) is 4.90 Å². The molecule has 1 aliphatic rings. The van der Waals surface area contributed by atoms with Crippen molar-refractivity contribution in [1.29, 1.82) is 0 Å². The quantitative estimate of drug-likeness (QED) is 0.319. The summed E-state index contributed by atoms with van der Waals surface area (Å²) >= 11 is 0. The van der Waals surface area contributed by atoms with Gasteiger partial charge in [0, 0.05) is 37.6 Å². The van der Waals surface area contributed by atoms with Crippen molar-refractivity contribution in [3.8, 4) is 0 Å². The molecule has 1 unspecified atom stereocenters. The van der Waals surface area contributed by atoms with Crippen LogP contribution in [0.4, 0.5) is 10.5 Å². The first-order valence-electron chi connectivity index (χ1n) is 9.42. The maximum atomic E-state index is 12.4. The number of nitro benzene ring substituents is 1. The van der Waals surface area contributed by atoms with E-state index in [9.17, 15) is 29.6 Å². The summed E-state index contributed by atoms with van der Waals surface area (Å²) in [5, 5.41) is 20.7. The van der Waals surface area contributed by atoms with Gasteiger partial charge in [-0.2, -0.15) is 0 Å². The molecule has 1 heterocycles. The monoisotopic (exact) mass is 422 g/mol. The fourth-order valence-corrected chi connectivity index (χ4v) is 3.51. The Balaban J connectivity index is 2.36. The van der Waals surface area contributed by atoms with E-state index < -0.39 is 46.2 Å². The maximum absolute atomic E-state index is 12.4. The van der Waals surface area contributed by atoms with E-state index in [4.69, 9.17) is 9.47 Å². The van der Waals surface area contributed by atoms with E-state index in [0.717, 1.165) is 0 Å². The highest BCUT2D eigenvalue weighted by atomic mass is 16.7. The predicted molar refractivity (Wildman–Crippen MR) is 105 cm³/mol. The van der Waals surface area contributed by atoms with E-state index in [1.54, 1.807) is 20.8 Å². The molecule has 1 aromatic rings. The number of esters is 2. The largest absolute Gasteiger partial charge is 0.465 e. The van der Waals surface area contributed by atoms with Gasteiger partial charge in [-0.3, -0.25) is 19.7 Å². The van der Waals surface area contributed by atoms with Gasteiger partial charge in [0.05, 0.1) is 4.92 Å². The minimum Gasteiger partial charge on any atom is -0.465 e. The van der Waals surface area contributed by atoms with Crippen LogP contribution < -0.4 is 0 Å². The van der Waals surface area contributed by atoms with Gasteiger partial charge in [-0.25, -0.2) is 4.79 Å². The Labute approximate surface area is 173 Å². The number of non-ortho nitro benzene ring substituents is 1. The molecule has 0 aromatic heterocycles. The molecule has 1 fully saturated rings. The summed E-state index contributed by atoms with van der Waals surface area (Å²) < 4.78 is 10.3. The van der Waals surface area contributed by atoms with Gasteiger partial charge < -0.3 is 19.5 Å². The van der Waals surface area contributed by atoms with Crippen molar-refractivity contribution in [2.45, 2.75) is 64.8 Å². The molecule has 1 atom stereocenters. The van der Waals surface area contributed by atoms with E-state index in [-0.39, 0.29) is 18.5 Å². The number of carboxylic acid groups (broad SMARTS) is 1. The van der Waals surface area contributed by atoms with Gasteiger partial charge >= 0.3 is 18.0 Å². The number of nitrogens with zero attached hydrogens (tertiary/aromatic N) is 2. The maximum Gasteiger partial charge on any atom is 0.407 e. The Morgan fingerprint density at radius 3 is 2.10 bits per heavy atom. The van der Waals surface area contributed by atoms with Gasteiger partial charge in [0.15, 0.2) is 5.92 Å². The number of hydrogen-bond acceptors (Lipinski definition) is 7. The highest BCUT2D eigenvalue weighted by Gasteiger charge is 2.46. The topological polar surface area (TPSA) is 136 Å². The first-order chi connectivity index (χ1) is 13.7. The highest BCUT2D eigenvalue weighted by molar-refractivity contribution is 5.96. The van der Waals surface area contributed by atoms with E-state index in [2.05, 4.69) is 0 Å². The second-order valence-electron chi connectivity index (χ2n) is 8.64. The van der Waals surface area contributed by atoms with Gasteiger partial charge in [0.2, 0.25) is 0 Å². The molecular weight excluding hydrogens is 396 g/mol. The number of ether oxygens (including phenoxy) is 2. The molecular formula is C20H26N2O8. The Kier molecular flexibility index (Phi) is 6.39. The Morgan fingerprint density at radius 1 is 1.20 bits per heavy atom. The first kappa shape index (κ1) is 23.1. The normalized spacial score (nSPS) is 17.6. The predicted octanol–water partition coefficient (Wildman–Crippen LogP) is 3.13. The van der Waals surface area contributed by atoms with Crippen LogP contribution in [0.15, 0.2) is 24.3 Å². The minimum atomic E-state index is -1.38. The number of carbonyl (C=O) groups excluding carboxylic acids is 2. The molecule has 0 aliphatic carbocycles. The van der Waals surface area contributed by atoms with Crippen molar-refractivity contribution >= 4 is 23.7 Å². The summed E-state index contributed by atoms with van der Waals surface area (Å²) in [5.74, 6) is -4.20. The summed E-state index contributed by atoms with van der Waals surface area (Å²) in [7, 11) is 0. The molecule has 1 amide bonds. The van der Waals surface area contributed by atoms with Crippen LogP contribution in [-0.2, 0) is 25.5 Å². The molecule has 10 nitrogen and oxygen atoms in total. The molecule has 0 spiro atoms. The second kappa shape index (κ2) is 8.29. The third-order valence-electron chi connectivity index (χ3n) is 4.68. The third kappa shape index (κ3) is 5.46. The lowest BCUT2D eigenvalue weighted by Gasteiger charge is -2.41. The zero-order chi connectivity index (χ0) is 22.9. The van der Waals surface area contributed by atoms with Crippen LogP contribution in [0.5, 0.6) is 0 Å². The molecule has 0 bridgehead atoms. The lowest BCUT2D eigenvalue weighted by atomic mass is 9.90. The summed E-state index contributed by atoms with van der Waals surface area (Å²) in [6.07, 6.45) is -1.22. The van der Waals surface area contributed by atoms with Crippen LogP contribution in [0.25, 0.3) is 0 Å². The number of rotatable bonds is 6. The van der Waals surface area contributed by atoms with Crippen molar-refractivity contribution < 1.29 is 33.9 Å². The molecule has 10 heteroatoms. The number of hydrogen-bond donors (Lipinski definition) is 1. The molecule has 1 aliphatic heterocycles. The van der Waals surface area contributed by atoms with Crippen molar-refractivity contribution in [3.05, 3.63) is 39.9 Å². The van der Waals surface area contributed by atoms with Gasteiger partial charge in [-0.15, -0.1) is 0 Å². The average Bonchev–Trinajstić information content (AvgIpc) is 2.56. The van der Waals surface area contributed by atoms with Gasteiger partial charge in [-0.05, 0) is 39.2 Å². The molecule has 1 N–H and O–H groups in total. The third-order valence-corrected chi connectivity index (χ3v) is 4.68. The fourth-order valence-electron chi connectivity index (χ4n) is 3.51. The van der Waals surface area contributed by atoms with Gasteiger partial charge in [-0.1, -0.05) is 12.1 Å². The molecule has 30 heavy (non-hydrogen) atoms. The highest BCUT2D eigenvalue weighted by Crippen LogP contribution is 2.30. The summed E-state index contributed by atoms with van der Waals surface area (Å²) in [4.78, 5) is 48.4. The molecule has 1 aromatic carbocycles. The van der Waals surface area contributed by atoms with E-state index in [0.29, 0.717) is 5.56 Å². The van der Waals surface area contributed by atoms with E-state index in [1.165, 1.54) is 43.0 Å². The molecule has 1 saturated heterocycles. The zero-order valence-electron chi connectivity index (χ0n) is 17.6. The molecule has 164 valence electrons. The lowest BCUT2D eigenvalue weighted by Crippen LogP contribution is -2.55. The average molecular weight is 422 g/mol. The second-order valence-corrected chi connectivity index (χ2v) is 8.64. The van der Waals surface area contributed by atoms with E-state index >= 15 is 0 Å². The first-order valence-corrected chi connectivity index (χ1v) is 9.42. The van der Waals surface area contributed by atoms with Crippen molar-refractivity contribution in [2.75, 3.05) is 0 Å². The number of carbonyl (C=O) groups is 3. The smallest absolute Gasteiger partial charge is 0.407 e. The van der Waals surface area contributed by atoms with Crippen LogP contribution in [-0.4, -0.2) is 50.3 Å². The van der Waals surface area contributed by atoms with Crippen molar-refractivity contribution in [3.63, 3.8) is 0 Å². The Morgan fingerprint density at radius 2 is 1.70 bits per heavy atom. The number of amides is 1. The van der Waals surface area contributed by atoms with E-state index in [1.807, 2.05) is 0 Å². The number of cyclic esters (lactones) is 2. The molecule has 0 radical (unpaired) electrons. The summed E-state index contributed by atoms with van der Waals surface area (Å²) in [6.45, 7) is 7.97. The minimum absolute atomic E-state index is 0.0946. The number of benzene rings is 1. The van der Waals surface area contributed by atoms with Crippen LogP contribution >= 0.6 is 0 Å². The summed E-state index contributed by atoms with van der Waals surface area (Å²) in [5.41, 5.74) is -0.305. The van der Waals surface area contributed by atoms with Gasteiger partial charge in [0.25, 0.3) is 11.5 Å². The summed E-state index contributed by atoms with van der Waals surface area (Å²) in [6, 6.07) is 4.90. The standard InChI is InChI=1S/C20H26N2O8/c1-19(2,3)21(18(25)26)14(10-12-6-8-13(9-7-12)22(27)28)11-15-16(23)29-20(4,5)30-17(15)24/h6-9,14-15H,10-11H2,1-5H3,(H,25,26). The molecule has 0 saturated carbocycles. The SMILES string of the molecule is CC1(C)OC(=O)C(CC(Cc2ccc([N+](=O)[O-])cc2)N(C(=O)O)C(C)(C)C)C(=O)O1. The fraction of sp³-hybridized carbons (Fsp3) is 0.550. The number of nitro groups is 1. The lowest BCUT2D eigenvalue weighted by molar-refractivity contribution is -0.384. The van der Waals surface area contributed by atoms with Crippen LogP contribution in [0.1, 0.15) is 46.6 Å². The van der Waals surface area contributed by atoms with Gasteiger partial charge in [0.1, 0.15) is 0 Å². The van der Waals surface area contributed by atoms with Crippen LogP contribution in [0, 0.1) is 16.0 Å². The Hall–Kier alpha value is -3.17. The van der Waals surface area contributed by atoms with Crippen LogP contribution in [0.3, 0.4) is 0 Å². The van der Waals surface area contributed by atoms with Crippen LogP contribution in [0.2, 0.25) is 0 Å². The van der Waals surface area contributed by atoms with Crippen molar-refractivity contribution in [2.24, 2.45) is 5.92 Å².